The summed E-state index contributed by atoms with van der Waals surface area (Å²) < 4.78 is 0. The summed E-state index contributed by atoms with van der Waals surface area (Å²) in [5.41, 5.74) is 4.74. The molecule has 3 amide bonds. The molecule has 0 radical (unpaired) electrons. The Hall–Kier alpha value is -5.92. The second kappa shape index (κ2) is 15.1. The lowest BCUT2D eigenvalue weighted by Crippen LogP contribution is -2.30. The van der Waals surface area contributed by atoms with Crippen LogP contribution in [0.4, 0.5) is 11.4 Å². The average molecular weight is 648 g/mol. The maximum atomic E-state index is 13.5. The molecule has 1 unspecified atom stereocenters. The van der Waals surface area contributed by atoms with Crippen molar-refractivity contribution in [2.75, 3.05) is 10.6 Å². The number of rotatable bonds is 10. The Balaban J connectivity index is 1.12. The van der Waals surface area contributed by atoms with E-state index in [1.54, 1.807) is 42.5 Å². The molecule has 0 aliphatic carbocycles. The molecule has 7 heteroatoms. The molecule has 0 saturated carbocycles. The Labute approximate surface area is 283 Å². The topological polar surface area (TPSA) is 87.3 Å². The van der Waals surface area contributed by atoms with Crippen LogP contribution >= 0.6 is 11.8 Å². The van der Waals surface area contributed by atoms with Crippen LogP contribution < -0.4 is 16.0 Å². The Kier molecular flexibility index (Phi) is 10.1. The van der Waals surface area contributed by atoms with Crippen molar-refractivity contribution >= 4 is 57.7 Å². The van der Waals surface area contributed by atoms with E-state index in [9.17, 15) is 14.4 Å². The first-order valence-corrected chi connectivity index (χ1v) is 16.4. The second-order valence-corrected chi connectivity index (χ2v) is 12.6. The molecule has 0 bridgehead atoms. The fourth-order valence-electron chi connectivity index (χ4n) is 5.10. The van der Waals surface area contributed by atoms with Crippen LogP contribution in [-0.4, -0.2) is 23.0 Å². The molecule has 48 heavy (non-hydrogen) atoms. The summed E-state index contributed by atoms with van der Waals surface area (Å²) in [4.78, 5) is 40.4. The molecule has 0 heterocycles. The summed E-state index contributed by atoms with van der Waals surface area (Å²) in [7, 11) is 0. The van der Waals surface area contributed by atoms with Crippen LogP contribution in [0, 0.1) is 0 Å². The number of thioether (sulfide) groups is 1. The SMILES string of the molecule is CC(Sc1ccc(NC(=O)/C(=C/c2ccc(-c3ccccc3)cc2)NC(=O)c2ccccc2)cc1)C(=O)Nc1ccc2ccccc2c1. The van der Waals surface area contributed by atoms with E-state index in [0.717, 1.165) is 38.0 Å². The molecule has 0 spiro atoms. The molecular weight excluding hydrogens is 615 g/mol. The van der Waals surface area contributed by atoms with E-state index in [4.69, 9.17) is 0 Å². The van der Waals surface area contributed by atoms with Crippen LogP contribution in [0.2, 0.25) is 0 Å². The summed E-state index contributed by atoms with van der Waals surface area (Å²) in [6.45, 7) is 1.86. The zero-order chi connectivity index (χ0) is 33.3. The minimum atomic E-state index is -0.463. The number of anilines is 2. The third kappa shape index (κ3) is 8.26. The summed E-state index contributed by atoms with van der Waals surface area (Å²) in [5.74, 6) is -0.955. The highest BCUT2D eigenvalue weighted by Crippen LogP contribution is 2.27. The van der Waals surface area contributed by atoms with Gasteiger partial charge in [-0.05, 0) is 89.0 Å². The molecule has 3 N–H and O–H groups in total. The van der Waals surface area contributed by atoms with E-state index < -0.39 is 5.91 Å². The number of carbonyl (C=O) groups excluding carboxylic acids is 3. The van der Waals surface area contributed by atoms with Gasteiger partial charge >= 0.3 is 0 Å². The maximum absolute atomic E-state index is 13.5. The van der Waals surface area contributed by atoms with Crippen molar-refractivity contribution in [2.45, 2.75) is 17.1 Å². The summed E-state index contributed by atoms with van der Waals surface area (Å²) in [6.07, 6.45) is 1.66. The number of carbonyl (C=O) groups is 3. The zero-order valence-corrected chi connectivity index (χ0v) is 27.0. The van der Waals surface area contributed by atoms with Gasteiger partial charge in [-0.1, -0.05) is 103 Å². The van der Waals surface area contributed by atoms with E-state index in [0.29, 0.717) is 11.3 Å². The van der Waals surface area contributed by atoms with Gasteiger partial charge < -0.3 is 16.0 Å². The Morgan fingerprint density at radius 3 is 1.92 bits per heavy atom. The number of nitrogens with one attached hydrogen (secondary N) is 3. The molecule has 0 aromatic heterocycles. The van der Waals surface area contributed by atoms with Crippen LogP contribution in [0.3, 0.4) is 0 Å². The lowest BCUT2D eigenvalue weighted by atomic mass is 10.0. The molecule has 1 atom stereocenters. The molecule has 6 aromatic rings. The second-order valence-electron chi connectivity index (χ2n) is 11.2. The van der Waals surface area contributed by atoms with Gasteiger partial charge in [0, 0.05) is 21.8 Å². The van der Waals surface area contributed by atoms with Gasteiger partial charge in [0.25, 0.3) is 11.8 Å². The van der Waals surface area contributed by atoms with Crippen LogP contribution in [0.1, 0.15) is 22.8 Å². The summed E-state index contributed by atoms with van der Waals surface area (Å²) in [6, 6.07) is 47.7. The molecule has 0 aliphatic heterocycles. The third-order valence-corrected chi connectivity index (χ3v) is 8.78. The zero-order valence-electron chi connectivity index (χ0n) is 26.2. The van der Waals surface area contributed by atoms with Crippen molar-refractivity contribution in [1.29, 1.82) is 0 Å². The number of fused-ring (bicyclic) bond motifs is 1. The average Bonchev–Trinajstić information content (AvgIpc) is 3.13. The van der Waals surface area contributed by atoms with E-state index in [-0.39, 0.29) is 22.8 Å². The van der Waals surface area contributed by atoms with Crippen LogP contribution in [0.15, 0.2) is 162 Å². The van der Waals surface area contributed by atoms with E-state index >= 15 is 0 Å². The predicted octanol–water partition coefficient (Wildman–Crippen LogP) is 9.04. The first-order chi connectivity index (χ1) is 23.4. The molecule has 0 fully saturated rings. The van der Waals surface area contributed by atoms with Crippen molar-refractivity contribution in [1.82, 2.24) is 5.32 Å². The summed E-state index contributed by atoms with van der Waals surface area (Å²) >= 11 is 1.42. The minimum Gasteiger partial charge on any atom is -0.325 e. The molecular formula is C41H33N3O3S. The van der Waals surface area contributed by atoms with Crippen molar-refractivity contribution in [3.05, 3.63) is 168 Å². The van der Waals surface area contributed by atoms with E-state index in [1.165, 1.54) is 11.8 Å². The lowest BCUT2D eigenvalue weighted by Gasteiger charge is -2.14. The fraction of sp³-hybridized carbons (Fsp3) is 0.0488. The van der Waals surface area contributed by atoms with Crippen molar-refractivity contribution in [2.24, 2.45) is 0 Å². The largest absolute Gasteiger partial charge is 0.325 e. The molecule has 6 rings (SSSR count). The molecule has 6 aromatic carbocycles. The van der Waals surface area contributed by atoms with Crippen LogP contribution in [0.25, 0.3) is 28.0 Å². The third-order valence-electron chi connectivity index (χ3n) is 7.67. The number of amides is 3. The van der Waals surface area contributed by atoms with Gasteiger partial charge in [0.2, 0.25) is 5.91 Å². The van der Waals surface area contributed by atoms with Gasteiger partial charge in [-0.2, -0.15) is 0 Å². The van der Waals surface area contributed by atoms with Crippen molar-refractivity contribution in [3.8, 4) is 11.1 Å². The standard InChI is InChI=1S/C41H33N3O3S/c1-28(39(45)43-36-21-20-31-12-8-9-15-34(31)27-36)48-37-24-22-35(23-25-37)42-41(47)38(44-40(46)33-13-6-3-7-14-33)26-29-16-18-32(19-17-29)30-10-4-2-5-11-30/h2-28H,1H3,(H,42,47)(H,43,45)(H,44,46)/b38-26-. The molecule has 236 valence electrons. The van der Waals surface area contributed by atoms with E-state index in [2.05, 4.69) is 16.0 Å². The smallest absolute Gasteiger partial charge is 0.272 e. The van der Waals surface area contributed by atoms with Gasteiger partial charge in [-0.15, -0.1) is 11.8 Å². The highest BCUT2D eigenvalue weighted by Gasteiger charge is 2.17. The quantitative estimate of drug-likeness (QED) is 0.102. The van der Waals surface area contributed by atoms with Crippen molar-refractivity contribution < 1.29 is 14.4 Å². The van der Waals surface area contributed by atoms with Gasteiger partial charge in [-0.3, -0.25) is 14.4 Å². The van der Waals surface area contributed by atoms with Crippen LogP contribution in [-0.2, 0) is 9.59 Å². The lowest BCUT2D eigenvalue weighted by molar-refractivity contribution is -0.115. The first kappa shape index (κ1) is 32.0. The Morgan fingerprint density at radius 1 is 0.604 bits per heavy atom. The molecule has 0 aliphatic rings. The van der Waals surface area contributed by atoms with Crippen molar-refractivity contribution in [3.63, 3.8) is 0 Å². The highest BCUT2D eigenvalue weighted by molar-refractivity contribution is 8.00. The first-order valence-electron chi connectivity index (χ1n) is 15.5. The van der Waals surface area contributed by atoms with Gasteiger partial charge in [0.05, 0.1) is 5.25 Å². The number of hydrogen-bond donors (Lipinski definition) is 3. The monoisotopic (exact) mass is 647 g/mol. The maximum Gasteiger partial charge on any atom is 0.272 e. The van der Waals surface area contributed by atoms with E-state index in [1.807, 2.05) is 122 Å². The fourth-order valence-corrected chi connectivity index (χ4v) is 5.96. The summed E-state index contributed by atoms with van der Waals surface area (Å²) in [5, 5.41) is 10.5. The predicted molar refractivity (Wildman–Crippen MR) is 197 cm³/mol. The van der Waals surface area contributed by atoms with Gasteiger partial charge in [-0.25, -0.2) is 0 Å². The number of benzene rings is 6. The van der Waals surface area contributed by atoms with Gasteiger partial charge in [0.15, 0.2) is 0 Å². The Bertz CT molecular complexity index is 2080. The molecule has 6 nitrogen and oxygen atoms in total. The Morgan fingerprint density at radius 2 is 1.21 bits per heavy atom. The normalized spacial score (nSPS) is 11.8. The van der Waals surface area contributed by atoms with Crippen LogP contribution in [0.5, 0.6) is 0 Å². The number of hydrogen-bond acceptors (Lipinski definition) is 4. The molecule has 0 saturated heterocycles. The minimum absolute atomic E-state index is 0.103. The highest BCUT2D eigenvalue weighted by atomic mass is 32.2. The van der Waals surface area contributed by atoms with Gasteiger partial charge in [0.1, 0.15) is 5.70 Å².